The molecule has 0 aliphatic heterocycles. The largest absolute Gasteiger partial charge is 0.756 e. The van der Waals surface area contributed by atoms with Crippen LogP contribution in [-0.2, 0) is 32.7 Å². The lowest BCUT2D eigenvalue weighted by molar-refractivity contribution is -0.870. The highest BCUT2D eigenvalue weighted by molar-refractivity contribution is 7.45. The van der Waals surface area contributed by atoms with Gasteiger partial charge in [-0.25, -0.2) is 0 Å². The topological polar surface area (TPSA) is 111 Å². The molecule has 9 nitrogen and oxygen atoms in total. The number of quaternary nitrogens is 1. The van der Waals surface area contributed by atoms with Gasteiger partial charge in [0, 0.05) is 12.8 Å². The van der Waals surface area contributed by atoms with E-state index in [9.17, 15) is 19.0 Å². The van der Waals surface area contributed by atoms with Crippen LogP contribution in [0.3, 0.4) is 0 Å². The van der Waals surface area contributed by atoms with Gasteiger partial charge in [-0.3, -0.25) is 14.2 Å². The Balaban J connectivity index is 4.19. The number of unbranched alkanes of at least 4 members (excludes halogenated alkanes) is 18. The molecule has 0 amide bonds. The van der Waals surface area contributed by atoms with Gasteiger partial charge in [0.15, 0.2) is 6.10 Å². The second kappa shape index (κ2) is 51.6. The SMILES string of the molecule is CC/C=C\C/C=C\C/C=C\C/C=C\C/C=C\C/C=C\C/C=C\C/C=C\CCCCCCCCCCC(=O)OC(COC(=O)CCCCCCC/C=C\CCCCCCC)COP(=O)([O-])OCC[N+](C)(C)C. The van der Waals surface area contributed by atoms with Crippen LogP contribution < -0.4 is 4.89 Å². The third-order valence-electron chi connectivity index (χ3n) is 11.5. The highest BCUT2D eigenvalue weighted by Gasteiger charge is 2.21. The first-order valence-electron chi connectivity index (χ1n) is 28.1. The molecule has 2 atom stereocenters. The molecule has 0 saturated heterocycles. The molecule has 0 saturated carbocycles. The molecule has 0 bridgehead atoms. The number of rotatable bonds is 50. The van der Waals surface area contributed by atoms with E-state index >= 15 is 0 Å². The van der Waals surface area contributed by atoms with Crippen molar-refractivity contribution in [3.63, 3.8) is 0 Å². The minimum absolute atomic E-state index is 0.0390. The average molecular weight is 1010 g/mol. The minimum atomic E-state index is -4.64. The summed E-state index contributed by atoms with van der Waals surface area (Å²) in [5, 5.41) is 0. The molecule has 0 aromatic carbocycles. The van der Waals surface area contributed by atoms with Gasteiger partial charge in [0.25, 0.3) is 7.82 Å². The van der Waals surface area contributed by atoms with Crippen LogP contribution in [0, 0.1) is 0 Å². The predicted octanol–water partition coefficient (Wildman–Crippen LogP) is 16.8. The standard InChI is InChI=1S/C61H104NO8P/c1-6-8-10-12-14-16-18-20-22-23-24-25-26-27-28-29-30-31-32-33-34-35-36-37-38-39-40-42-44-46-48-50-52-54-61(64)70-59(58-69-71(65,66)68-56-55-62(3,4)5)57-67-60(63)53-51-49-47-45-43-41-21-19-17-15-13-11-9-7-2/h8,10,14,16,19-22,24-25,27-28,30-31,33-34,36-37,59H,6-7,9,11-13,15,17-18,23,26,29,32,35,38-58H2,1-5H3/b10-8-,16-14-,21-19-,22-20-,25-24-,28-27-,31-30-,34-33-,37-36-. The smallest absolute Gasteiger partial charge is 0.306 e. The number of nitrogens with zero attached hydrogens (tertiary/aromatic N) is 1. The number of ether oxygens (including phenoxy) is 2. The Morgan fingerprint density at radius 2 is 0.803 bits per heavy atom. The molecule has 406 valence electrons. The summed E-state index contributed by atoms with van der Waals surface area (Å²) in [5.41, 5.74) is 0. The van der Waals surface area contributed by atoms with E-state index in [-0.39, 0.29) is 26.1 Å². The lowest BCUT2D eigenvalue weighted by atomic mass is 10.1. The molecule has 0 aromatic heterocycles. The Morgan fingerprint density at radius 3 is 1.21 bits per heavy atom. The highest BCUT2D eigenvalue weighted by atomic mass is 31.2. The Morgan fingerprint density at radius 1 is 0.451 bits per heavy atom. The van der Waals surface area contributed by atoms with Crippen molar-refractivity contribution in [3.05, 3.63) is 109 Å². The van der Waals surface area contributed by atoms with E-state index in [0.717, 1.165) is 109 Å². The summed E-state index contributed by atoms with van der Waals surface area (Å²) in [4.78, 5) is 37.8. The van der Waals surface area contributed by atoms with Crippen LogP contribution in [0.25, 0.3) is 0 Å². The fourth-order valence-corrected chi connectivity index (χ4v) is 7.92. The maximum absolute atomic E-state index is 12.8. The summed E-state index contributed by atoms with van der Waals surface area (Å²) < 4.78 is 34.1. The Bertz CT molecular complexity index is 1570. The van der Waals surface area contributed by atoms with Crippen LogP contribution in [-0.4, -0.2) is 70.0 Å². The molecule has 0 aromatic rings. The first-order chi connectivity index (χ1) is 34.5. The molecule has 0 rings (SSSR count). The number of allylic oxidation sites excluding steroid dienone is 18. The van der Waals surface area contributed by atoms with Gasteiger partial charge >= 0.3 is 11.9 Å². The summed E-state index contributed by atoms with van der Waals surface area (Å²) in [6.45, 7) is 4.08. The second-order valence-corrected chi connectivity index (χ2v) is 21.0. The summed E-state index contributed by atoms with van der Waals surface area (Å²) in [6, 6.07) is 0. The van der Waals surface area contributed by atoms with Gasteiger partial charge in [-0.1, -0.05) is 207 Å². The molecule has 10 heteroatoms. The van der Waals surface area contributed by atoms with Gasteiger partial charge < -0.3 is 27.9 Å². The fraction of sp³-hybridized carbons (Fsp3) is 0.672. The quantitative estimate of drug-likeness (QED) is 0.0195. The number of carbonyl (C=O) groups excluding carboxylic acids is 2. The molecule has 0 aliphatic rings. The van der Waals surface area contributed by atoms with Gasteiger partial charge in [-0.2, -0.15) is 0 Å². The zero-order valence-corrected chi connectivity index (χ0v) is 46.8. The molecular weight excluding hydrogens is 906 g/mol. The van der Waals surface area contributed by atoms with Crippen molar-refractivity contribution in [2.45, 2.75) is 219 Å². The van der Waals surface area contributed by atoms with E-state index in [1.807, 2.05) is 21.1 Å². The van der Waals surface area contributed by atoms with E-state index < -0.39 is 32.5 Å². The monoisotopic (exact) mass is 1010 g/mol. The van der Waals surface area contributed by atoms with Gasteiger partial charge in [-0.15, -0.1) is 0 Å². The highest BCUT2D eigenvalue weighted by Crippen LogP contribution is 2.38. The number of carbonyl (C=O) groups is 2. The summed E-state index contributed by atoms with van der Waals surface area (Å²) >= 11 is 0. The first kappa shape index (κ1) is 67.7. The number of likely N-dealkylation sites (N-methyl/N-ethyl adjacent to an activating group) is 1. The Kier molecular flexibility index (Phi) is 49.1. The molecule has 71 heavy (non-hydrogen) atoms. The Labute approximate surface area is 436 Å². The maximum Gasteiger partial charge on any atom is 0.306 e. The molecule has 0 spiro atoms. The minimum Gasteiger partial charge on any atom is -0.756 e. The van der Waals surface area contributed by atoms with Crippen molar-refractivity contribution in [3.8, 4) is 0 Å². The van der Waals surface area contributed by atoms with Crippen molar-refractivity contribution < 1.29 is 42.1 Å². The maximum atomic E-state index is 12.8. The van der Waals surface area contributed by atoms with E-state index in [1.165, 1.54) is 64.2 Å². The fourth-order valence-electron chi connectivity index (χ4n) is 7.19. The van der Waals surface area contributed by atoms with Gasteiger partial charge in [0.2, 0.25) is 0 Å². The zero-order valence-electron chi connectivity index (χ0n) is 45.9. The number of phosphoric ester groups is 1. The average Bonchev–Trinajstić information content (AvgIpc) is 3.33. The van der Waals surface area contributed by atoms with Crippen LogP contribution in [0.5, 0.6) is 0 Å². The third kappa shape index (κ3) is 55.8. The van der Waals surface area contributed by atoms with Crippen LogP contribution in [0.1, 0.15) is 213 Å². The summed E-state index contributed by atoms with van der Waals surface area (Å²) in [6.07, 6.45) is 71.3. The number of hydrogen-bond donors (Lipinski definition) is 0. The molecule has 0 N–H and O–H groups in total. The number of esters is 2. The van der Waals surface area contributed by atoms with Gasteiger partial charge in [0.1, 0.15) is 19.8 Å². The van der Waals surface area contributed by atoms with Crippen molar-refractivity contribution in [2.24, 2.45) is 0 Å². The van der Waals surface area contributed by atoms with E-state index in [0.29, 0.717) is 23.9 Å². The van der Waals surface area contributed by atoms with Gasteiger partial charge in [0.05, 0.1) is 27.7 Å². The Hall–Kier alpha value is -3.33. The molecule has 2 unspecified atom stereocenters. The van der Waals surface area contributed by atoms with Crippen molar-refractivity contribution in [1.29, 1.82) is 0 Å². The van der Waals surface area contributed by atoms with E-state index in [4.69, 9.17) is 18.5 Å². The van der Waals surface area contributed by atoms with E-state index in [2.05, 4.69) is 123 Å². The summed E-state index contributed by atoms with van der Waals surface area (Å²) in [7, 11) is 1.14. The number of hydrogen-bond acceptors (Lipinski definition) is 8. The van der Waals surface area contributed by atoms with Crippen LogP contribution >= 0.6 is 7.82 Å². The lowest BCUT2D eigenvalue weighted by Crippen LogP contribution is -2.37. The second-order valence-electron chi connectivity index (χ2n) is 19.6. The normalized spacial score (nSPS) is 14.2. The van der Waals surface area contributed by atoms with Gasteiger partial charge in [-0.05, 0) is 103 Å². The van der Waals surface area contributed by atoms with Crippen molar-refractivity contribution >= 4 is 19.8 Å². The molecule has 0 fully saturated rings. The van der Waals surface area contributed by atoms with Crippen molar-refractivity contribution in [2.75, 3.05) is 47.5 Å². The first-order valence-corrected chi connectivity index (χ1v) is 29.6. The van der Waals surface area contributed by atoms with E-state index in [1.54, 1.807) is 0 Å². The molecule has 0 aliphatic carbocycles. The molecular formula is C61H104NO8P. The number of phosphoric acid groups is 1. The van der Waals surface area contributed by atoms with Crippen molar-refractivity contribution in [1.82, 2.24) is 0 Å². The molecule has 0 radical (unpaired) electrons. The predicted molar refractivity (Wildman–Crippen MR) is 300 cm³/mol. The molecule has 0 heterocycles. The third-order valence-corrected chi connectivity index (χ3v) is 12.5. The summed E-state index contributed by atoms with van der Waals surface area (Å²) in [5.74, 6) is -0.859. The lowest BCUT2D eigenvalue weighted by Gasteiger charge is -2.28. The zero-order chi connectivity index (χ0) is 52.0. The van der Waals surface area contributed by atoms with Crippen LogP contribution in [0.2, 0.25) is 0 Å². The van der Waals surface area contributed by atoms with Crippen LogP contribution in [0.15, 0.2) is 109 Å². The van der Waals surface area contributed by atoms with Crippen LogP contribution in [0.4, 0.5) is 0 Å².